The lowest BCUT2D eigenvalue weighted by molar-refractivity contribution is -0.159. The summed E-state index contributed by atoms with van der Waals surface area (Å²) in [7, 11) is -0.735. The number of ether oxygens (including phenoxy) is 2. The van der Waals surface area contributed by atoms with Crippen molar-refractivity contribution in [2.45, 2.75) is 42.1 Å². The van der Waals surface area contributed by atoms with Crippen molar-refractivity contribution in [1.82, 2.24) is 4.90 Å². The Hall–Kier alpha value is -2.54. The molecule has 0 unspecified atom stereocenters. The van der Waals surface area contributed by atoms with Gasteiger partial charge in [0, 0.05) is 24.9 Å². The molecular formula is C21H23NO5S. The van der Waals surface area contributed by atoms with Crippen LogP contribution in [-0.4, -0.2) is 44.4 Å². The molecule has 1 fully saturated rings. The number of nitrogens with zero attached hydrogens (tertiary/aromatic N) is 1. The fourth-order valence-electron chi connectivity index (χ4n) is 4.13. The first-order chi connectivity index (χ1) is 13.2. The molecule has 6 nitrogen and oxygen atoms in total. The van der Waals surface area contributed by atoms with Gasteiger partial charge in [0.15, 0.2) is 20.8 Å². The second-order valence-corrected chi connectivity index (χ2v) is 9.74. The number of likely N-dealkylation sites (tertiary alicyclic amines) is 1. The number of fused-ring (bicyclic) bond motifs is 4. The lowest BCUT2D eigenvalue weighted by Gasteiger charge is -2.51. The Morgan fingerprint density at radius 3 is 2.50 bits per heavy atom. The van der Waals surface area contributed by atoms with Gasteiger partial charge in [-0.05, 0) is 44.2 Å². The van der Waals surface area contributed by atoms with Crippen LogP contribution in [0.25, 0.3) is 0 Å². The van der Waals surface area contributed by atoms with Gasteiger partial charge >= 0.3 is 0 Å². The van der Waals surface area contributed by atoms with Gasteiger partial charge in [0.05, 0.1) is 12.0 Å². The Balaban J connectivity index is 1.89. The summed E-state index contributed by atoms with van der Waals surface area (Å²) in [4.78, 5) is 14.8. The predicted octanol–water partition coefficient (Wildman–Crippen LogP) is 2.90. The first kappa shape index (κ1) is 18.8. The van der Waals surface area contributed by atoms with Gasteiger partial charge in [-0.15, -0.1) is 0 Å². The highest BCUT2D eigenvalue weighted by Crippen LogP contribution is 2.50. The van der Waals surface area contributed by atoms with Gasteiger partial charge in [-0.2, -0.15) is 0 Å². The molecule has 0 spiro atoms. The van der Waals surface area contributed by atoms with E-state index in [0.29, 0.717) is 23.5 Å². The lowest BCUT2D eigenvalue weighted by Crippen LogP contribution is -2.64. The van der Waals surface area contributed by atoms with Gasteiger partial charge in [0.1, 0.15) is 11.5 Å². The molecule has 7 heteroatoms. The van der Waals surface area contributed by atoms with E-state index >= 15 is 0 Å². The molecule has 1 saturated heterocycles. The average Bonchev–Trinajstić information content (AvgIpc) is 2.66. The van der Waals surface area contributed by atoms with E-state index in [4.69, 9.17) is 9.47 Å². The number of methoxy groups -OCH3 is 1. The lowest BCUT2D eigenvalue weighted by atomic mass is 9.80. The molecule has 0 aliphatic carbocycles. The van der Waals surface area contributed by atoms with E-state index in [0.717, 1.165) is 5.56 Å². The SMILES string of the molecule is COc1ccc2c(c1)[C@@H]1C[C@](C)(O2)N(C)C(=O)[C@H]1S(=O)(=O)c1ccc(C)cc1. The maximum Gasteiger partial charge on any atom is 0.244 e. The van der Waals surface area contributed by atoms with Gasteiger partial charge in [-0.1, -0.05) is 17.7 Å². The standard InChI is InChI=1S/C21H23NO5S/c1-13-5-8-15(9-6-13)28(24,25)19-17-12-21(2,22(3)20(19)23)27-18-10-7-14(26-4)11-16(17)18/h5-11,17,19H,12H2,1-4H3/t17-,19-,21-/m0/s1. The molecule has 2 aliphatic rings. The summed E-state index contributed by atoms with van der Waals surface area (Å²) >= 11 is 0. The molecule has 2 heterocycles. The Bertz CT molecular complexity index is 1050. The van der Waals surface area contributed by atoms with Crippen molar-refractivity contribution in [3.63, 3.8) is 0 Å². The number of hydrogen-bond acceptors (Lipinski definition) is 5. The van der Waals surface area contributed by atoms with Gasteiger partial charge in [-0.25, -0.2) is 8.42 Å². The van der Waals surface area contributed by atoms with Crippen LogP contribution in [0.1, 0.15) is 30.4 Å². The van der Waals surface area contributed by atoms with Crippen LogP contribution in [0.5, 0.6) is 11.5 Å². The van der Waals surface area contributed by atoms with E-state index in [1.807, 2.05) is 13.8 Å². The summed E-state index contributed by atoms with van der Waals surface area (Å²) in [5.41, 5.74) is 0.765. The summed E-state index contributed by atoms with van der Waals surface area (Å²) in [6.07, 6.45) is 0.394. The predicted molar refractivity (Wildman–Crippen MR) is 104 cm³/mol. The highest BCUT2D eigenvalue weighted by atomic mass is 32.2. The van der Waals surface area contributed by atoms with Crippen LogP contribution in [0, 0.1) is 6.92 Å². The Morgan fingerprint density at radius 2 is 1.86 bits per heavy atom. The second kappa shape index (κ2) is 6.24. The number of benzene rings is 2. The van der Waals surface area contributed by atoms with Crippen molar-refractivity contribution in [2.24, 2.45) is 0 Å². The van der Waals surface area contributed by atoms with Crippen molar-refractivity contribution < 1.29 is 22.7 Å². The Labute approximate surface area is 165 Å². The minimum atomic E-state index is -3.89. The molecule has 1 amide bonds. The van der Waals surface area contributed by atoms with Gasteiger partial charge in [0.2, 0.25) is 5.91 Å². The molecule has 28 heavy (non-hydrogen) atoms. The van der Waals surface area contributed by atoms with Crippen molar-refractivity contribution in [3.05, 3.63) is 53.6 Å². The van der Waals surface area contributed by atoms with Crippen LogP contribution < -0.4 is 9.47 Å². The van der Waals surface area contributed by atoms with E-state index in [-0.39, 0.29) is 4.90 Å². The van der Waals surface area contributed by atoms with Crippen LogP contribution in [-0.2, 0) is 14.6 Å². The summed E-state index contributed by atoms with van der Waals surface area (Å²) < 4.78 is 38.4. The summed E-state index contributed by atoms with van der Waals surface area (Å²) in [5, 5.41) is -1.21. The van der Waals surface area contributed by atoms with Crippen LogP contribution in [0.3, 0.4) is 0 Å². The minimum absolute atomic E-state index is 0.157. The number of piperidine rings is 1. The summed E-state index contributed by atoms with van der Waals surface area (Å²) in [5.74, 6) is 0.221. The number of carbonyl (C=O) groups is 1. The van der Waals surface area contributed by atoms with Crippen molar-refractivity contribution in [1.29, 1.82) is 0 Å². The molecule has 2 bridgehead atoms. The third kappa shape index (κ3) is 2.68. The molecule has 0 radical (unpaired) electrons. The molecule has 3 atom stereocenters. The second-order valence-electron chi connectivity index (χ2n) is 7.67. The van der Waals surface area contributed by atoms with Gasteiger partial charge in [-0.3, -0.25) is 4.79 Å². The fraction of sp³-hybridized carbons (Fsp3) is 0.381. The molecular weight excluding hydrogens is 378 g/mol. The number of hydrogen-bond donors (Lipinski definition) is 0. The van der Waals surface area contributed by atoms with Crippen LogP contribution in [0.15, 0.2) is 47.4 Å². The van der Waals surface area contributed by atoms with E-state index < -0.39 is 32.6 Å². The third-order valence-corrected chi connectivity index (χ3v) is 8.01. The first-order valence-corrected chi connectivity index (χ1v) is 10.7. The number of rotatable bonds is 3. The normalized spacial score (nSPS) is 26.4. The third-order valence-electron chi connectivity index (χ3n) is 5.88. The number of sulfone groups is 1. The Kier molecular flexibility index (Phi) is 4.19. The van der Waals surface area contributed by atoms with E-state index in [1.165, 1.54) is 4.90 Å². The zero-order chi connectivity index (χ0) is 20.3. The zero-order valence-electron chi connectivity index (χ0n) is 16.3. The van der Waals surface area contributed by atoms with Crippen LogP contribution in [0.2, 0.25) is 0 Å². The summed E-state index contributed by atoms with van der Waals surface area (Å²) in [6.45, 7) is 3.71. The van der Waals surface area contributed by atoms with Crippen molar-refractivity contribution >= 4 is 15.7 Å². The molecule has 0 N–H and O–H groups in total. The number of aryl methyl sites for hydroxylation is 1. The van der Waals surface area contributed by atoms with Gasteiger partial charge in [0.25, 0.3) is 0 Å². The monoisotopic (exact) mass is 401 g/mol. The topological polar surface area (TPSA) is 72.9 Å². The molecule has 0 aromatic heterocycles. The molecule has 2 aromatic carbocycles. The molecule has 2 aliphatic heterocycles. The van der Waals surface area contributed by atoms with Crippen molar-refractivity contribution in [2.75, 3.05) is 14.2 Å². The van der Waals surface area contributed by atoms with E-state index in [1.54, 1.807) is 56.6 Å². The van der Waals surface area contributed by atoms with E-state index in [2.05, 4.69) is 0 Å². The minimum Gasteiger partial charge on any atom is -0.497 e. The number of carbonyl (C=O) groups excluding carboxylic acids is 1. The fourth-order valence-corrected chi connectivity index (χ4v) is 6.04. The summed E-state index contributed by atoms with van der Waals surface area (Å²) in [6, 6.07) is 11.9. The quantitative estimate of drug-likeness (QED) is 0.791. The van der Waals surface area contributed by atoms with Gasteiger partial charge < -0.3 is 14.4 Å². The maximum absolute atomic E-state index is 13.5. The van der Waals surface area contributed by atoms with Crippen molar-refractivity contribution in [3.8, 4) is 11.5 Å². The molecule has 2 aromatic rings. The average molecular weight is 401 g/mol. The van der Waals surface area contributed by atoms with E-state index in [9.17, 15) is 13.2 Å². The number of amides is 1. The van der Waals surface area contributed by atoms with Crippen LogP contribution in [0.4, 0.5) is 0 Å². The maximum atomic E-state index is 13.5. The molecule has 148 valence electrons. The zero-order valence-corrected chi connectivity index (χ0v) is 17.1. The van der Waals surface area contributed by atoms with Crippen LogP contribution >= 0.6 is 0 Å². The Morgan fingerprint density at radius 1 is 1.18 bits per heavy atom. The molecule has 4 rings (SSSR count). The smallest absolute Gasteiger partial charge is 0.244 e. The first-order valence-electron chi connectivity index (χ1n) is 9.12. The highest BCUT2D eigenvalue weighted by Gasteiger charge is 2.57. The molecule has 0 saturated carbocycles. The largest absolute Gasteiger partial charge is 0.497 e. The highest BCUT2D eigenvalue weighted by molar-refractivity contribution is 7.92.